The molecule has 1 saturated heterocycles. The fraction of sp³-hybridized carbons (Fsp3) is 1.00. The normalized spacial score (nSPS) is 35.7. The fourth-order valence-corrected chi connectivity index (χ4v) is 2.63. The van der Waals surface area contributed by atoms with Crippen molar-refractivity contribution in [1.29, 1.82) is 0 Å². The van der Waals surface area contributed by atoms with E-state index in [9.17, 15) is 9.46 Å². The maximum absolute atomic E-state index is 11.4. The van der Waals surface area contributed by atoms with Crippen LogP contribution in [0.25, 0.3) is 0 Å². The fourth-order valence-electron chi connectivity index (χ4n) is 1.62. The predicted octanol–water partition coefficient (Wildman–Crippen LogP) is 2.86. The van der Waals surface area contributed by atoms with Gasteiger partial charge in [0, 0.05) is 0 Å². The summed E-state index contributed by atoms with van der Waals surface area (Å²) in [6, 6.07) is 0. The Kier molecular flexibility index (Phi) is 5.10. The summed E-state index contributed by atoms with van der Waals surface area (Å²) in [6.07, 6.45) is 5.47. The second-order valence-electron chi connectivity index (χ2n) is 3.67. The van der Waals surface area contributed by atoms with Crippen molar-refractivity contribution < 1.29 is 18.5 Å². The third-order valence-corrected chi connectivity index (χ3v) is 3.39. The van der Waals surface area contributed by atoms with Gasteiger partial charge in [0.1, 0.15) is 0 Å². The van der Waals surface area contributed by atoms with E-state index in [1.165, 1.54) is 0 Å². The summed E-state index contributed by atoms with van der Waals surface area (Å²) in [5, 5.41) is 0. The first-order valence-electron chi connectivity index (χ1n) is 5.30. The highest BCUT2D eigenvalue weighted by Crippen LogP contribution is 2.46. The van der Waals surface area contributed by atoms with Crippen LogP contribution >= 0.6 is 7.82 Å². The Morgan fingerprint density at radius 2 is 2.21 bits per heavy atom. The van der Waals surface area contributed by atoms with Crippen molar-refractivity contribution in [2.45, 2.75) is 51.6 Å². The average Bonchev–Trinajstić information content (AvgIpc) is 2.16. The number of phosphoric acid groups is 1. The Labute approximate surface area is 85.2 Å². The van der Waals surface area contributed by atoms with Gasteiger partial charge in [0.2, 0.25) is 0 Å². The molecule has 0 bridgehead atoms. The minimum atomic E-state index is -3.77. The zero-order valence-corrected chi connectivity index (χ0v) is 9.54. The molecule has 2 atom stereocenters. The lowest BCUT2D eigenvalue weighted by Gasteiger charge is -2.18. The molecule has 5 heteroatoms. The van der Waals surface area contributed by atoms with Crippen LogP contribution in [0.3, 0.4) is 0 Å². The molecule has 0 aromatic heterocycles. The first-order chi connectivity index (χ1) is 6.64. The molecule has 14 heavy (non-hydrogen) atoms. The summed E-state index contributed by atoms with van der Waals surface area (Å²) in [5.74, 6) is 0. The minimum absolute atomic E-state index is 0.117. The number of hydrogen-bond acceptors (Lipinski definition) is 3. The maximum atomic E-state index is 11.4. The van der Waals surface area contributed by atoms with Crippen LogP contribution in [0.5, 0.6) is 0 Å². The Morgan fingerprint density at radius 3 is 2.93 bits per heavy atom. The van der Waals surface area contributed by atoms with Gasteiger partial charge < -0.3 is 4.89 Å². The van der Waals surface area contributed by atoms with Crippen LogP contribution in [0.2, 0.25) is 0 Å². The zero-order chi connectivity index (χ0) is 10.4. The lowest BCUT2D eigenvalue weighted by Crippen LogP contribution is -2.11. The summed E-state index contributed by atoms with van der Waals surface area (Å²) in [4.78, 5) is 9.31. The van der Waals surface area contributed by atoms with E-state index in [0.717, 1.165) is 38.5 Å². The van der Waals surface area contributed by atoms with Crippen molar-refractivity contribution in [1.82, 2.24) is 0 Å². The van der Waals surface area contributed by atoms with Gasteiger partial charge in [0.25, 0.3) is 0 Å². The standard InChI is InChI=1S/C9H19O4P/c1-2-6-9-7-4-3-5-8-12-14(10,11)13-9/h9H,2-8H2,1H3,(H,10,11). The van der Waals surface area contributed by atoms with Crippen molar-refractivity contribution in [3.05, 3.63) is 0 Å². The molecule has 1 aliphatic rings. The molecule has 1 rings (SSSR count). The smallest absolute Gasteiger partial charge is 0.302 e. The molecule has 0 spiro atoms. The van der Waals surface area contributed by atoms with E-state index in [1.54, 1.807) is 0 Å². The third-order valence-electron chi connectivity index (χ3n) is 2.32. The molecule has 0 saturated carbocycles. The Balaban J connectivity index is 2.51. The quantitative estimate of drug-likeness (QED) is 0.730. The molecule has 1 heterocycles. The van der Waals surface area contributed by atoms with Gasteiger partial charge in [0.15, 0.2) is 0 Å². The van der Waals surface area contributed by atoms with Gasteiger partial charge in [-0.3, -0.25) is 9.05 Å². The Morgan fingerprint density at radius 1 is 1.43 bits per heavy atom. The molecule has 0 radical (unpaired) electrons. The van der Waals surface area contributed by atoms with Gasteiger partial charge in [-0.05, 0) is 19.3 Å². The van der Waals surface area contributed by atoms with Gasteiger partial charge in [-0.15, -0.1) is 0 Å². The lowest BCUT2D eigenvalue weighted by atomic mass is 10.1. The highest BCUT2D eigenvalue weighted by Gasteiger charge is 2.26. The SMILES string of the molecule is CCCC1CCCCCOP(=O)(O)O1. The highest BCUT2D eigenvalue weighted by atomic mass is 31.2. The van der Waals surface area contributed by atoms with E-state index in [-0.39, 0.29) is 6.10 Å². The second-order valence-corrected chi connectivity index (χ2v) is 5.07. The molecule has 2 unspecified atom stereocenters. The van der Waals surface area contributed by atoms with Crippen molar-refractivity contribution in [3.63, 3.8) is 0 Å². The van der Waals surface area contributed by atoms with E-state index in [0.29, 0.717) is 6.61 Å². The molecule has 1 N–H and O–H groups in total. The average molecular weight is 222 g/mol. The summed E-state index contributed by atoms with van der Waals surface area (Å²) < 4.78 is 21.3. The predicted molar refractivity (Wildman–Crippen MR) is 54.0 cm³/mol. The number of phosphoric ester groups is 1. The lowest BCUT2D eigenvalue weighted by molar-refractivity contribution is 0.0997. The Bertz CT molecular complexity index is 207. The van der Waals surface area contributed by atoms with Crippen molar-refractivity contribution in [2.75, 3.05) is 6.61 Å². The summed E-state index contributed by atoms with van der Waals surface area (Å²) in [5.41, 5.74) is 0. The molecule has 1 fully saturated rings. The van der Waals surface area contributed by atoms with Crippen LogP contribution in [0.15, 0.2) is 0 Å². The topological polar surface area (TPSA) is 55.8 Å². The van der Waals surface area contributed by atoms with Crippen molar-refractivity contribution in [3.8, 4) is 0 Å². The van der Waals surface area contributed by atoms with Crippen LogP contribution in [-0.4, -0.2) is 17.6 Å². The van der Waals surface area contributed by atoms with Gasteiger partial charge in [-0.2, -0.15) is 0 Å². The largest absolute Gasteiger partial charge is 0.472 e. The van der Waals surface area contributed by atoms with Crippen LogP contribution in [0.4, 0.5) is 0 Å². The molecule has 0 aromatic rings. The molecular weight excluding hydrogens is 203 g/mol. The van der Waals surface area contributed by atoms with Gasteiger partial charge in [-0.25, -0.2) is 4.57 Å². The van der Waals surface area contributed by atoms with Crippen molar-refractivity contribution >= 4 is 7.82 Å². The highest BCUT2D eigenvalue weighted by molar-refractivity contribution is 7.47. The Hall–Kier alpha value is 0.110. The molecule has 4 nitrogen and oxygen atoms in total. The van der Waals surface area contributed by atoms with Gasteiger partial charge >= 0.3 is 7.82 Å². The molecule has 0 amide bonds. The molecule has 0 aliphatic carbocycles. The minimum Gasteiger partial charge on any atom is -0.302 e. The summed E-state index contributed by atoms with van der Waals surface area (Å²) in [6.45, 7) is 2.37. The molecule has 84 valence electrons. The van der Waals surface area contributed by atoms with E-state index in [1.807, 2.05) is 6.92 Å². The zero-order valence-electron chi connectivity index (χ0n) is 8.65. The molecular formula is C9H19O4P. The first kappa shape index (κ1) is 12.2. The van der Waals surface area contributed by atoms with E-state index < -0.39 is 7.82 Å². The maximum Gasteiger partial charge on any atom is 0.472 e. The third kappa shape index (κ3) is 4.56. The van der Waals surface area contributed by atoms with E-state index in [4.69, 9.17) is 9.05 Å². The van der Waals surface area contributed by atoms with Gasteiger partial charge in [0.05, 0.1) is 12.7 Å². The van der Waals surface area contributed by atoms with Crippen molar-refractivity contribution in [2.24, 2.45) is 0 Å². The molecule has 0 aromatic carbocycles. The van der Waals surface area contributed by atoms with Crippen LogP contribution in [0, 0.1) is 0 Å². The van der Waals surface area contributed by atoms with Crippen LogP contribution in [-0.2, 0) is 13.6 Å². The summed E-state index contributed by atoms with van der Waals surface area (Å²) >= 11 is 0. The van der Waals surface area contributed by atoms with Gasteiger partial charge in [-0.1, -0.05) is 26.2 Å². The van der Waals surface area contributed by atoms with E-state index in [2.05, 4.69) is 0 Å². The molecule has 1 aliphatic heterocycles. The van der Waals surface area contributed by atoms with Crippen LogP contribution < -0.4 is 0 Å². The van der Waals surface area contributed by atoms with Crippen LogP contribution in [0.1, 0.15) is 45.4 Å². The second kappa shape index (κ2) is 5.86. The first-order valence-corrected chi connectivity index (χ1v) is 6.79. The number of hydrogen-bond donors (Lipinski definition) is 1. The van der Waals surface area contributed by atoms with E-state index >= 15 is 0 Å². The summed E-state index contributed by atoms with van der Waals surface area (Å²) in [7, 11) is -3.77. The number of rotatable bonds is 2. The monoisotopic (exact) mass is 222 g/mol.